The second kappa shape index (κ2) is 9.16. The van der Waals surface area contributed by atoms with Crippen molar-refractivity contribution in [2.45, 2.75) is 32.1 Å². The minimum absolute atomic E-state index is 0.0391. The summed E-state index contributed by atoms with van der Waals surface area (Å²) < 4.78 is 21.0. The molecule has 1 aromatic heterocycles. The molecule has 7 nitrogen and oxygen atoms in total. The topological polar surface area (TPSA) is 85.2 Å². The number of aryl methyl sites for hydroxylation is 2. The molecule has 4 rings (SSSR count). The third kappa shape index (κ3) is 5.02. The van der Waals surface area contributed by atoms with Crippen molar-refractivity contribution in [2.75, 3.05) is 18.5 Å². The summed E-state index contributed by atoms with van der Waals surface area (Å²) in [4.78, 5) is 28.0. The highest BCUT2D eigenvalue weighted by Gasteiger charge is 2.15. The molecular weight excluding hydrogens is 399 g/mol. The molecule has 162 valence electrons. The lowest BCUT2D eigenvalue weighted by Crippen LogP contribution is -2.26. The highest BCUT2D eigenvalue weighted by molar-refractivity contribution is 5.94. The molecule has 2 heterocycles. The van der Waals surface area contributed by atoms with Crippen LogP contribution in [0.2, 0.25) is 0 Å². The first-order valence-corrected chi connectivity index (χ1v) is 10.4. The van der Waals surface area contributed by atoms with E-state index < -0.39 is 0 Å². The Balaban J connectivity index is 1.17. The molecule has 1 aliphatic heterocycles. The zero-order chi connectivity index (χ0) is 21.8. The van der Waals surface area contributed by atoms with Crippen molar-refractivity contribution in [1.29, 1.82) is 0 Å². The third-order valence-electron chi connectivity index (χ3n) is 5.40. The van der Waals surface area contributed by atoms with Crippen LogP contribution in [0.3, 0.4) is 0 Å². The van der Waals surface area contributed by atoms with Crippen LogP contribution in [0.15, 0.2) is 36.4 Å². The van der Waals surface area contributed by atoms with E-state index in [2.05, 4.69) is 15.6 Å². The first-order valence-electron chi connectivity index (χ1n) is 10.4. The summed E-state index contributed by atoms with van der Waals surface area (Å²) in [6, 6.07) is 10.1. The predicted molar refractivity (Wildman–Crippen MR) is 116 cm³/mol. The van der Waals surface area contributed by atoms with E-state index in [1.807, 2.05) is 29.8 Å². The highest BCUT2D eigenvalue weighted by atomic mass is 19.1. The number of rotatable bonds is 8. The van der Waals surface area contributed by atoms with Crippen molar-refractivity contribution in [2.24, 2.45) is 7.05 Å². The number of hydrogen-bond acceptors (Lipinski definition) is 4. The quantitative estimate of drug-likeness (QED) is 0.544. The number of carbonyl (C=O) groups excluding carboxylic acids is 2. The fourth-order valence-corrected chi connectivity index (χ4v) is 3.71. The van der Waals surface area contributed by atoms with Crippen molar-refractivity contribution < 1.29 is 18.7 Å². The fraction of sp³-hybridized carbons (Fsp3) is 0.348. The van der Waals surface area contributed by atoms with Gasteiger partial charge >= 0.3 is 0 Å². The zero-order valence-corrected chi connectivity index (χ0v) is 17.4. The van der Waals surface area contributed by atoms with Crippen molar-refractivity contribution in [3.8, 4) is 5.75 Å². The summed E-state index contributed by atoms with van der Waals surface area (Å²) in [6.07, 6.45) is 2.74. The number of hydrogen-bond donors (Lipinski definition) is 2. The lowest BCUT2D eigenvalue weighted by molar-refractivity contribution is -0.121. The number of ether oxygens (including phenoxy) is 1. The summed E-state index contributed by atoms with van der Waals surface area (Å²) in [5.74, 6) is 1.25. The van der Waals surface area contributed by atoms with Gasteiger partial charge in [0.2, 0.25) is 11.8 Å². The summed E-state index contributed by atoms with van der Waals surface area (Å²) >= 11 is 0. The van der Waals surface area contributed by atoms with Crippen LogP contribution in [0.1, 0.15) is 30.7 Å². The lowest BCUT2D eigenvalue weighted by Gasteiger charge is -2.17. The van der Waals surface area contributed by atoms with Crippen LogP contribution in [0, 0.1) is 5.82 Å². The Labute approximate surface area is 179 Å². The number of nitrogens with one attached hydrogen (secondary N) is 2. The summed E-state index contributed by atoms with van der Waals surface area (Å²) in [5.41, 5.74) is 3.39. The third-order valence-corrected chi connectivity index (χ3v) is 5.40. The van der Waals surface area contributed by atoms with Gasteiger partial charge < -0.3 is 19.9 Å². The number of benzene rings is 2. The van der Waals surface area contributed by atoms with E-state index >= 15 is 0 Å². The van der Waals surface area contributed by atoms with Crippen LogP contribution >= 0.6 is 0 Å². The van der Waals surface area contributed by atoms with Gasteiger partial charge in [-0.05, 0) is 54.8 Å². The van der Waals surface area contributed by atoms with E-state index in [-0.39, 0.29) is 17.6 Å². The molecule has 2 amide bonds. The molecule has 0 saturated heterocycles. The van der Waals surface area contributed by atoms with Crippen molar-refractivity contribution in [3.63, 3.8) is 0 Å². The van der Waals surface area contributed by atoms with Gasteiger partial charge in [-0.25, -0.2) is 9.37 Å². The molecule has 0 radical (unpaired) electrons. The van der Waals surface area contributed by atoms with Crippen LogP contribution in [0.5, 0.6) is 5.75 Å². The molecule has 3 aromatic rings. The van der Waals surface area contributed by atoms with Crippen LogP contribution in [-0.4, -0.2) is 34.5 Å². The fourth-order valence-electron chi connectivity index (χ4n) is 3.71. The van der Waals surface area contributed by atoms with E-state index in [1.165, 1.54) is 12.1 Å². The molecule has 31 heavy (non-hydrogen) atoms. The molecule has 2 aromatic carbocycles. The Morgan fingerprint density at radius 1 is 1.26 bits per heavy atom. The Morgan fingerprint density at radius 2 is 2.13 bits per heavy atom. The standard InChI is InChI=1S/C23H25FN4O3/c1-28-20-14-16(24)5-7-19(20)26-21(28)10-11-25-22(29)3-2-12-31-17-6-8-18-15(13-17)4-9-23(30)27-18/h5-8,13-14H,2-4,9-12H2,1H3,(H,25,29)(H,27,30). The number of anilines is 1. The molecule has 0 atom stereocenters. The van der Waals surface area contributed by atoms with Gasteiger partial charge in [0.1, 0.15) is 17.4 Å². The van der Waals surface area contributed by atoms with Crippen LogP contribution in [-0.2, 0) is 29.5 Å². The Bertz CT molecular complexity index is 1130. The van der Waals surface area contributed by atoms with Crippen molar-refractivity contribution >= 4 is 28.5 Å². The maximum Gasteiger partial charge on any atom is 0.224 e. The smallest absolute Gasteiger partial charge is 0.224 e. The zero-order valence-electron chi connectivity index (χ0n) is 17.4. The first-order chi connectivity index (χ1) is 15.0. The number of nitrogens with zero attached hydrogens (tertiary/aromatic N) is 2. The second-order valence-electron chi connectivity index (χ2n) is 7.64. The Morgan fingerprint density at radius 3 is 3.00 bits per heavy atom. The lowest BCUT2D eigenvalue weighted by atomic mass is 10.0. The first kappa shape index (κ1) is 20.8. The summed E-state index contributed by atoms with van der Waals surface area (Å²) in [5, 5.41) is 5.74. The maximum absolute atomic E-state index is 13.4. The van der Waals surface area contributed by atoms with E-state index in [1.54, 1.807) is 6.07 Å². The second-order valence-corrected chi connectivity index (χ2v) is 7.64. The molecular formula is C23H25FN4O3. The molecule has 8 heteroatoms. The van der Waals surface area contributed by atoms with Crippen LogP contribution < -0.4 is 15.4 Å². The minimum Gasteiger partial charge on any atom is -0.494 e. The van der Waals surface area contributed by atoms with Gasteiger partial charge in [0.25, 0.3) is 0 Å². The normalized spacial score (nSPS) is 13.0. The van der Waals surface area contributed by atoms with E-state index in [4.69, 9.17) is 4.74 Å². The Hall–Kier alpha value is -3.42. The minimum atomic E-state index is -0.292. The highest BCUT2D eigenvalue weighted by Crippen LogP contribution is 2.26. The van der Waals surface area contributed by atoms with Gasteiger partial charge in [0.15, 0.2) is 0 Å². The number of halogens is 1. The van der Waals surface area contributed by atoms with Crippen molar-refractivity contribution in [1.82, 2.24) is 14.9 Å². The number of fused-ring (bicyclic) bond motifs is 2. The SMILES string of the molecule is Cn1c(CCNC(=O)CCCOc2ccc3c(c2)CCC(=O)N3)nc2ccc(F)cc21. The van der Waals surface area contributed by atoms with E-state index in [0.29, 0.717) is 45.3 Å². The molecule has 0 aliphatic carbocycles. The molecule has 2 N–H and O–H groups in total. The van der Waals surface area contributed by atoms with Gasteiger partial charge in [-0.15, -0.1) is 0 Å². The van der Waals surface area contributed by atoms with Gasteiger partial charge in [0.05, 0.1) is 17.6 Å². The summed E-state index contributed by atoms with van der Waals surface area (Å²) in [6.45, 7) is 0.908. The van der Waals surface area contributed by atoms with Gasteiger partial charge in [-0.2, -0.15) is 0 Å². The van der Waals surface area contributed by atoms with E-state index in [9.17, 15) is 14.0 Å². The molecule has 0 saturated carbocycles. The number of imidazole rings is 1. The number of aromatic nitrogens is 2. The monoisotopic (exact) mass is 424 g/mol. The molecule has 1 aliphatic rings. The van der Waals surface area contributed by atoms with Crippen LogP contribution in [0.25, 0.3) is 11.0 Å². The maximum atomic E-state index is 13.4. The predicted octanol–water partition coefficient (Wildman–Crippen LogP) is 3.12. The molecule has 0 spiro atoms. The molecule has 0 fully saturated rings. The average Bonchev–Trinajstić information content (AvgIpc) is 3.06. The van der Waals surface area contributed by atoms with Gasteiger partial charge in [0, 0.05) is 38.5 Å². The largest absolute Gasteiger partial charge is 0.494 e. The Kier molecular flexibility index (Phi) is 6.16. The number of carbonyl (C=O) groups is 2. The van der Waals surface area contributed by atoms with Crippen molar-refractivity contribution in [3.05, 3.63) is 53.6 Å². The van der Waals surface area contributed by atoms with Gasteiger partial charge in [-0.3, -0.25) is 9.59 Å². The summed E-state index contributed by atoms with van der Waals surface area (Å²) in [7, 11) is 1.85. The van der Waals surface area contributed by atoms with Crippen LogP contribution in [0.4, 0.5) is 10.1 Å². The average molecular weight is 424 g/mol. The molecule has 0 bridgehead atoms. The van der Waals surface area contributed by atoms with Gasteiger partial charge in [-0.1, -0.05) is 0 Å². The van der Waals surface area contributed by atoms with E-state index in [0.717, 1.165) is 33.9 Å². The molecule has 0 unspecified atom stereocenters. The number of amides is 2.